The molecular weight excluding hydrogens is 224 g/mol. The van der Waals surface area contributed by atoms with Crippen LogP contribution in [0.15, 0.2) is 0 Å². The summed E-state index contributed by atoms with van der Waals surface area (Å²) in [5.74, 6) is -0.715. The zero-order chi connectivity index (χ0) is 13.2. The molecule has 1 aliphatic rings. The van der Waals surface area contributed by atoms with Crippen molar-refractivity contribution in [2.45, 2.75) is 46.0 Å². The average Bonchev–Trinajstić information content (AvgIpc) is 2.28. The molecule has 0 bridgehead atoms. The Balaban J connectivity index is 2.79. The summed E-state index contributed by atoms with van der Waals surface area (Å²) < 4.78 is 15.5. The normalized spacial score (nSPS) is 37.4. The van der Waals surface area contributed by atoms with Gasteiger partial charge in [0, 0.05) is 12.8 Å². The van der Waals surface area contributed by atoms with Crippen LogP contribution >= 0.6 is 0 Å². The van der Waals surface area contributed by atoms with E-state index in [1.165, 1.54) is 14.0 Å². The molecule has 1 heterocycles. The second-order valence-corrected chi connectivity index (χ2v) is 4.58. The smallest absolute Gasteiger partial charge is 0.335 e. The fourth-order valence-corrected chi connectivity index (χ4v) is 2.22. The lowest BCUT2D eigenvalue weighted by Gasteiger charge is -2.41. The maximum absolute atomic E-state index is 11.5. The van der Waals surface area contributed by atoms with Gasteiger partial charge in [-0.3, -0.25) is 4.79 Å². The number of ether oxygens (including phenoxy) is 3. The van der Waals surface area contributed by atoms with E-state index in [0.29, 0.717) is 0 Å². The molecule has 0 aromatic carbocycles. The minimum absolute atomic E-state index is 0.0479. The zero-order valence-electron chi connectivity index (χ0n) is 10.9. The SMILES string of the molecule is COC(=O)C1OC(C)C(OC(C)=O)C(C)C1C. The monoisotopic (exact) mass is 244 g/mol. The Kier molecular flexibility index (Phi) is 4.51. The van der Waals surface area contributed by atoms with E-state index in [2.05, 4.69) is 0 Å². The molecule has 1 fully saturated rings. The molecule has 5 nitrogen and oxygen atoms in total. The van der Waals surface area contributed by atoms with Gasteiger partial charge in [-0.1, -0.05) is 13.8 Å². The van der Waals surface area contributed by atoms with Crippen LogP contribution in [-0.2, 0) is 23.8 Å². The Labute approximate surface area is 101 Å². The van der Waals surface area contributed by atoms with Gasteiger partial charge in [0.25, 0.3) is 0 Å². The topological polar surface area (TPSA) is 61.8 Å². The van der Waals surface area contributed by atoms with Crippen LogP contribution in [0.1, 0.15) is 27.7 Å². The van der Waals surface area contributed by atoms with Gasteiger partial charge in [0.05, 0.1) is 13.2 Å². The highest BCUT2D eigenvalue weighted by Gasteiger charge is 2.44. The molecule has 5 unspecified atom stereocenters. The third-order valence-corrected chi connectivity index (χ3v) is 3.38. The highest BCUT2D eigenvalue weighted by Crippen LogP contribution is 2.33. The highest BCUT2D eigenvalue weighted by molar-refractivity contribution is 5.75. The lowest BCUT2D eigenvalue weighted by molar-refractivity contribution is -0.202. The molecule has 17 heavy (non-hydrogen) atoms. The lowest BCUT2D eigenvalue weighted by atomic mass is 9.81. The minimum Gasteiger partial charge on any atom is -0.467 e. The predicted octanol–water partition coefficient (Wildman–Crippen LogP) is 1.15. The average molecular weight is 244 g/mol. The number of rotatable bonds is 2. The molecule has 5 atom stereocenters. The van der Waals surface area contributed by atoms with Crippen molar-refractivity contribution in [2.24, 2.45) is 11.8 Å². The van der Waals surface area contributed by atoms with Gasteiger partial charge in [0.1, 0.15) is 6.10 Å². The molecule has 0 aromatic rings. The van der Waals surface area contributed by atoms with Gasteiger partial charge in [-0.15, -0.1) is 0 Å². The van der Waals surface area contributed by atoms with E-state index in [9.17, 15) is 9.59 Å². The third kappa shape index (κ3) is 2.97. The maximum atomic E-state index is 11.5. The van der Waals surface area contributed by atoms with Gasteiger partial charge in [-0.2, -0.15) is 0 Å². The van der Waals surface area contributed by atoms with E-state index in [4.69, 9.17) is 14.2 Å². The summed E-state index contributed by atoms with van der Waals surface area (Å²) >= 11 is 0. The van der Waals surface area contributed by atoms with Crippen molar-refractivity contribution in [3.05, 3.63) is 0 Å². The Bertz CT molecular complexity index is 301. The molecule has 0 aliphatic carbocycles. The summed E-state index contributed by atoms with van der Waals surface area (Å²) in [5, 5.41) is 0. The van der Waals surface area contributed by atoms with E-state index >= 15 is 0 Å². The van der Waals surface area contributed by atoms with Gasteiger partial charge in [-0.25, -0.2) is 4.79 Å². The first-order chi connectivity index (χ1) is 7.88. The standard InChI is InChI=1S/C12H20O5/c1-6-7(2)11(12(14)15-5)16-8(3)10(6)17-9(4)13/h6-8,10-11H,1-5H3. The van der Waals surface area contributed by atoms with E-state index in [1.54, 1.807) is 6.92 Å². The van der Waals surface area contributed by atoms with Crippen molar-refractivity contribution < 1.29 is 23.8 Å². The van der Waals surface area contributed by atoms with Crippen LogP contribution in [0.5, 0.6) is 0 Å². The van der Waals surface area contributed by atoms with Crippen LogP contribution in [0.4, 0.5) is 0 Å². The van der Waals surface area contributed by atoms with Crippen LogP contribution in [0.3, 0.4) is 0 Å². The first-order valence-corrected chi connectivity index (χ1v) is 5.79. The van der Waals surface area contributed by atoms with Crippen molar-refractivity contribution in [3.63, 3.8) is 0 Å². The second kappa shape index (κ2) is 5.49. The summed E-state index contributed by atoms with van der Waals surface area (Å²) in [6, 6.07) is 0. The molecule has 1 rings (SSSR count). The predicted molar refractivity (Wildman–Crippen MR) is 60.2 cm³/mol. The second-order valence-electron chi connectivity index (χ2n) is 4.58. The third-order valence-electron chi connectivity index (χ3n) is 3.38. The molecule has 0 radical (unpaired) electrons. The van der Waals surface area contributed by atoms with Crippen molar-refractivity contribution in [2.75, 3.05) is 7.11 Å². The van der Waals surface area contributed by atoms with Crippen molar-refractivity contribution >= 4 is 11.9 Å². The zero-order valence-corrected chi connectivity index (χ0v) is 10.9. The Morgan fingerprint density at radius 1 is 1.12 bits per heavy atom. The van der Waals surface area contributed by atoms with Gasteiger partial charge in [-0.05, 0) is 12.8 Å². The molecule has 0 spiro atoms. The summed E-state index contributed by atoms with van der Waals surface area (Å²) in [5.41, 5.74) is 0. The summed E-state index contributed by atoms with van der Waals surface area (Å²) in [4.78, 5) is 22.6. The number of carbonyl (C=O) groups is 2. The van der Waals surface area contributed by atoms with E-state index in [1.807, 2.05) is 13.8 Å². The molecule has 0 saturated carbocycles. The van der Waals surface area contributed by atoms with E-state index < -0.39 is 6.10 Å². The lowest BCUT2D eigenvalue weighted by Crippen LogP contribution is -2.52. The first kappa shape index (κ1) is 14.0. The fraction of sp³-hybridized carbons (Fsp3) is 0.833. The van der Waals surface area contributed by atoms with Crippen LogP contribution < -0.4 is 0 Å². The van der Waals surface area contributed by atoms with Crippen LogP contribution in [0.25, 0.3) is 0 Å². The fourth-order valence-electron chi connectivity index (χ4n) is 2.22. The highest BCUT2D eigenvalue weighted by atomic mass is 16.6. The van der Waals surface area contributed by atoms with Crippen molar-refractivity contribution in [3.8, 4) is 0 Å². The summed E-state index contributed by atoms with van der Waals surface area (Å²) in [6.07, 6.45) is -1.21. The molecule has 1 saturated heterocycles. The molecule has 1 aliphatic heterocycles. The van der Waals surface area contributed by atoms with E-state index in [0.717, 1.165) is 0 Å². The van der Waals surface area contributed by atoms with Crippen molar-refractivity contribution in [1.29, 1.82) is 0 Å². The van der Waals surface area contributed by atoms with Crippen LogP contribution in [0.2, 0.25) is 0 Å². The maximum Gasteiger partial charge on any atom is 0.335 e. The molecule has 98 valence electrons. The quantitative estimate of drug-likeness (QED) is 0.682. The summed E-state index contributed by atoms with van der Waals surface area (Å²) in [7, 11) is 1.34. The number of carbonyl (C=O) groups excluding carboxylic acids is 2. The van der Waals surface area contributed by atoms with Crippen LogP contribution in [-0.4, -0.2) is 37.4 Å². The Morgan fingerprint density at radius 2 is 1.71 bits per heavy atom. The molecule has 5 heteroatoms. The summed E-state index contributed by atoms with van der Waals surface area (Å²) in [6.45, 7) is 7.02. The molecular formula is C12H20O5. The van der Waals surface area contributed by atoms with Crippen molar-refractivity contribution in [1.82, 2.24) is 0 Å². The molecule has 0 N–H and O–H groups in total. The van der Waals surface area contributed by atoms with Gasteiger partial charge < -0.3 is 14.2 Å². The Morgan fingerprint density at radius 3 is 2.18 bits per heavy atom. The number of hydrogen-bond acceptors (Lipinski definition) is 5. The van der Waals surface area contributed by atoms with Gasteiger partial charge >= 0.3 is 11.9 Å². The number of hydrogen-bond donors (Lipinski definition) is 0. The molecule has 0 aromatic heterocycles. The first-order valence-electron chi connectivity index (χ1n) is 5.79. The van der Waals surface area contributed by atoms with Gasteiger partial charge in [0.2, 0.25) is 0 Å². The minimum atomic E-state index is -0.586. The Hall–Kier alpha value is -1.10. The van der Waals surface area contributed by atoms with Crippen LogP contribution in [0, 0.1) is 11.8 Å². The van der Waals surface area contributed by atoms with E-state index in [-0.39, 0.29) is 36.0 Å². The largest absolute Gasteiger partial charge is 0.467 e. The van der Waals surface area contributed by atoms with Gasteiger partial charge in [0.15, 0.2) is 6.10 Å². The molecule has 0 amide bonds. The number of esters is 2. The number of methoxy groups -OCH3 is 1.